The largest absolute Gasteiger partial charge is 0.485 e. The van der Waals surface area contributed by atoms with Crippen LogP contribution in [0.5, 0.6) is 5.75 Å². The van der Waals surface area contributed by atoms with Crippen molar-refractivity contribution in [1.29, 1.82) is 0 Å². The Morgan fingerprint density at radius 1 is 1.25 bits per heavy atom. The highest BCUT2D eigenvalue weighted by Gasteiger charge is 2.38. The molecule has 1 fully saturated rings. The summed E-state index contributed by atoms with van der Waals surface area (Å²) in [6.07, 6.45) is -1.53. The second-order valence-electron chi connectivity index (χ2n) is 5.58. The van der Waals surface area contributed by atoms with Gasteiger partial charge in [-0.3, -0.25) is 0 Å². The van der Waals surface area contributed by atoms with Crippen molar-refractivity contribution in [2.75, 3.05) is 11.9 Å². The van der Waals surface area contributed by atoms with Crippen LogP contribution in [-0.4, -0.2) is 30.8 Å². The number of nitrogens with one attached hydrogen (secondary N) is 1. The summed E-state index contributed by atoms with van der Waals surface area (Å²) in [5.74, 6) is -2.84. The third kappa shape index (κ3) is 4.43. The number of hydrogen-bond donors (Lipinski definition) is 1. The number of aryl methyl sites for hydroxylation is 1. The summed E-state index contributed by atoms with van der Waals surface area (Å²) in [5.41, 5.74) is 0.782. The maximum atomic E-state index is 12.3. The zero-order valence-corrected chi connectivity index (χ0v) is 13.4. The van der Waals surface area contributed by atoms with Crippen molar-refractivity contribution in [1.82, 2.24) is 0 Å². The Morgan fingerprint density at radius 2 is 1.88 bits per heavy atom. The van der Waals surface area contributed by atoms with Crippen LogP contribution in [0, 0.1) is 6.92 Å². The minimum Gasteiger partial charge on any atom is -0.485 e. The van der Waals surface area contributed by atoms with Gasteiger partial charge in [0.15, 0.2) is 5.57 Å². The minimum atomic E-state index is -2.62. The number of halogens is 2. The van der Waals surface area contributed by atoms with Crippen LogP contribution in [0.15, 0.2) is 30.0 Å². The molecule has 8 heteroatoms. The first-order valence-corrected chi connectivity index (χ1v) is 7.13. The zero-order valence-electron chi connectivity index (χ0n) is 13.4. The molecule has 1 N–H and O–H groups in total. The van der Waals surface area contributed by atoms with Crippen LogP contribution in [0.2, 0.25) is 0 Å². The number of anilines is 1. The molecule has 0 atom stereocenters. The maximum absolute atomic E-state index is 12.3. The molecular formula is C16H17F2NO5. The minimum absolute atomic E-state index is 0.171. The summed E-state index contributed by atoms with van der Waals surface area (Å²) in [4.78, 5) is 23.7. The highest BCUT2D eigenvalue weighted by atomic mass is 19.3. The number of alkyl halides is 2. The van der Waals surface area contributed by atoms with E-state index >= 15 is 0 Å². The quantitative estimate of drug-likeness (QED) is 0.504. The summed E-state index contributed by atoms with van der Waals surface area (Å²) < 4.78 is 39.6. The summed E-state index contributed by atoms with van der Waals surface area (Å²) in [6, 6.07) is 4.86. The second-order valence-corrected chi connectivity index (χ2v) is 5.58. The van der Waals surface area contributed by atoms with Crippen LogP contribution in [0.1, 0.15) is 19.4 Å². The van der Waals surface area contributed by atoms with Gasteiger partial charge in [-0.2, -0.15) is 0 Å². The van der Waals surface area contributed by atoms with Gasteiger partial charge in [0.05, 0.1) is 5.69 Å². The van der Waals surface area contributed by atoms with E-state index in [1.807, 2.05) is 0 Å². The molecule has 0 radical (unpaired) electrons. The van der Waals surface area contributed by atoms with Crippen LogP contribution in [0.4, 0.5) is 14.5 Å². The van der Waals surface area contributed by atoms with Crippen molar-refractivity contribution in [3.05, 3.63) is 35.5 Å². The van der Waals surface area contributed by atoms with E-state index in [1.165, 1.54) is 13.8 Å². The molecule has 1 saturated heterocycles. The third-order valence-electron chi connectivity index (χ3n) is 2.99. The van der Waals surface area contributed by atoms with Gasteiger partial charge in [0.25, 0.3) is 12.2 Å². The molecule has 1 aromatic rings. The molecule has 0 amide bonds. The van der Waals surface area contributed by atoms with Gasteiger partial charge < -0.3 is 19.5 Å². The van der Waals surface area contributed by atoms with Gasteiger partial charge in [-0.05, 0) is 24.6 Å². The van der Waals surface area contributed by atoms with Crippen molar-refractivity contribution >= 4 is 17.6 Å². The molecule has 1 aliphatic rings. The monoisotopic (exact) mass is 341 g/mol. The molecule has 1 aliphatic heterocycles. The van der Waals surface area contributed by atoms with Gasteiger partial charge in [0, 0.05) is 20.0 Å². The predicted octanol–water partition coefficient (Wildman–Crippen LogP) is 2.77. The highest BCUT2D eigenvalue weighted by molar-refractivity contribution is 6.15. The van der Waals surface area contributed by atoms with Crippen molar-refractivity contribution in [3.8, 4) is 5.75 Å². The molecule has 0 saturated carbocycles. The Hall–Kier alpha value is -2.64. The first-order valence-electron chi connectivity index (χ1n) is 7.13. The van der Waals surface area contributed by atoms with Crippen molar-refractivity contribution in [2.45, 2.75) is 33.0 Å². The van der Waals surface area contributed by atoms with Crippen LogP contribution in [-0.2, 0) is 19.1 Å². The summed E-state index contributed by atoms with van der Waals surface area (Å²) in [7, 11) is 0. The molecule has 6 nitrogen and oxygen atoms in total. The molecule has 130 valence electrons. The molecule has 0 aromatic heterocycles. The highest BCUT2D eigenvalue weighted by Crippen LogP contribution is 2.28. The smallest absolute Gasteiger partial charge is 0.350 e. The molecular weight excluding hydrogens is 324 g/mol. The number of ether oxygens (including phenoxy) is 3. The van der Waals surface area contributed by atoms with Crippen molar-refractivity contribution in [3.63, 3.8) is 0 Å². The van der Waals surface area contributed by atoms with Gasteiger partial charge >= 0.3 is 11.9 Å². The number of carbonyl (C=O) groups is 2. The van der Waals surface area contributed by atoms with Crippen molar-refractivity contribution in [2.24, 2.45) is 0 Å². The van der Waals surface area contributed by atoms with Crippen LogP contribution in [0.25, 0.3) is 0 Å². The summed E-state index contributed by atoms with van der Waals surface area (Å²) in [5, 5.41) is 2.69. The molecule has 0 spiro atoms. The number of carbonyl (C=O) groups excluding carboxylic acids is 2. The van der Waals surface area contributed by atoms with Crippen LogP contribution < -0.4 is 10.1 Å². The maximum Gasteiger partial charge on any atom is 0.350 e. The van der Waals surface area contributed by atoms with E-state index in [0.29, 0.717) is 5.69 Å². The van der Waals surface area contributed by atoms with E-state index in [1.54, 1.807) is 25.1 Å². The Morgan fingerprint density at radius 3 is 2.46 bits per heavy atom. The SMILES string of the molecule is Cc1ccc(NC=C2C(=O)OC(C)(C)OC2=O)c(OCC(F)F)c1. The number of benzene rings is 1. The molecule has 1 heterocycles. The Balaban J connectivity index is 2.19. The number of cyclic esters (lactones) is 2. The average Bonchev–Trinajstić information content (AvgIpc) is 2.44. The molecule has 0 unspecified atom stereocenters. The zero-order chi connectivity index (χ0) is 17.9. The van der Waals surface area contributed by atoms with Crippen LogP contribution in [0.3, 0.4) is 0 Å². The lowest BCUT2D eigenvalue weighted by Gasteiger charge is -2.29. The molecule has 0 aliphatic carbocycles. The fraction of sp³-hybridized carbons (Fsp3) is 0.375. The summed E-state index contributed by atoms with van der Waals surface area (Å²) in [6.45, 7) is 3.87. The van der Waals surface area contributed by atoms with E-state index < -0.39 is 30.8 Å². The standard InChI is InChI=1S/C16H17F2NO5/c1-9-4-5-11(12(6-9)22-8-13(17)18)19-7-10-14(20)23-16(2,3)24-15(10)21/h4-7,13,19H,8H2,1-3H3. The summed E-state index contributed by atoms with van der Waals surface area (Å²) >= 11 is 0. The van der Waals surface area contributed by atoms with Gasteiger partial charge in [-0.25, -0.2) is 18.4 Å². The first kappa shape index (κ1) is 17.7. The van der Waals surface area contributed by atoms with E-state index in [0.717, 1.165) is 11.8 Å². The molecule has 1 aromatic carbocycles. The molecule has 0 bridgehead atoms. The Kier molecular flexibility index (Phi) is 5.06. The lowest BCUT2D eigenvalue weighted by molar-refractivity contribution is -0.222. The number of esters is 2. The van der Waals surface area contributed by atoms with Crippen molar-refractivity contribution < 1.29 is 32.6 Å². The van der Waals surface area contributed by atoms with E-state index in [2.05, 4.69) is 5.32 Å². The Bertz CT molecular complexity index is 663. The number of hydrogen-bond acceptors (Lipinski definition) is 6. The predicted molar refractivity (Wildman–Crippen MR) is 80.6 cm³/mol. The van der Waals surface area contributed by atoms with E-state index in [-0.39, 0.29) is 11.3 Å². The van der Waals surface area contributed by atoms with E-state index in [4.69, 9.17) is 14.2 Å². The lowest BCUT2D eigenvalue weighted by Crippen LogP contribution is -2.42. The normalized spacial score (nSPS) is 16.5. The second kappa shape index (κ2) is 6.86. The van der Waals surface area contributed by atoms with Gasteiger partial charge in [0.2, 0.25) is 0 Å². The Labute approximate surface area is 137 Å². The lowest BCUT2D eigenvalue weighted by atomic mass is 10.2. The van der Waals surface area contributed by atoms with Crippen LogP contribution >= 0.6 is 0 Å². The molecule has 2 rings (SSSR count). The topological polar surface area (TPSA) is 73.9 Å². The van der Waals surface area contributed by atoms with Gasteiger partial charge in [0.1, 0.15) is 12.4 Å². The van der Waals surface area contributed by atoms with Gasteiger partial charge in [-0.15, -0.1) is 0 Å². The fourth-order valence-electron chi connectivity index (χ4n) is 1.95. The third-order valence-corrected chi connectivity index (χ3v) is 2.99. The number of rotatable bonds is 5. The first-order chi connectivity index (χ1) is 11.2. The average molecular weight is 341 g/mol. The molecule has 24 heavy (non-hydrogen) atoms. The van der Waals surface area contributed by atoms with E-state index in [9.17, 15) is 18.4 Å². The fourth-order valence-corrected chi connectivity index (χ4v) is 1.95. The van der Waals surface area contributed by atoms with Gasteiger partial charge in [-0.1, -0.05) is 6.07 Å².